The summed E-state index contributed by atoms with van der Waals surface area (Å²) in [6.45, 7) is 0.405. The highest BCUT2D eigenvalue weighted by Crippen LogP contribution is 2.38. The molecule has 0 saturated heterocycles. The van der Waals surface area contributed by atoms with Gasteiger partial charge in [-0.3, -0.25) is 0 Å². The van der Waals surface area contributed by atoms with Gasteiger partial charge in [-0.15, -0.1) is 0 Å². The average molecular weight is 444 g/mol. The van der Waals surface area contributed by atoms with Gasteiger partial charge in [0.25, 0.3) is 0 Å². The molecule has 28 heavy (non-hydrogen) atoms. The summed E-state index contributed by atoms with van der Waals surface area (Å²) in [6.07, 6.45) is 0.611. The first kappa shape index (κ1) is 22.0. The van der Waals surface area contributed by atoms with Gasteiger partial charge in [0.1, 0.15) is 0 Å². The van der Waals surface area contributed by atoms with E-state index in [0.717, 1.165) is 11.1 Å². The van der Waals surface area contributed by atoms with Crippen molar-refractivity contribution in [1.29, 1.82) is 0 Å². The molecule has 142 valence electrons. The summed E-state index contributed by atoms with van der Waals surface area (Å²) >= 11 is 14.1. The zero-order valence-corrected chi connectivity index (χ0v) is 18.6. The Balaban J connectivity index is 2.19. The number of para-hydroxylation sites is 1. The topological polar surface area (TPSA) is 55.5 Å². The molecule has 0 unspecified atom stereocenters. The molecule has 0 N–H and O–H groups in total. The molecule has 5 nitrogen and oxygen atoms in total. The van der Waals surface area contributed by atoms with Crippen LogP contribution in [0.1, 0.15) is 6.42 Å². The molecule has 0 saturated carbocycles. The molecule has 0 spiro atoms. The van der Waals surface area contributed by atoms with Gasteiger partial charge >= 0.3 is 8.56 Å². The van der Waals surface area contributed by atoms with E-state index in [2.05, 4.69) is 29.5 Å². The van der Waals surface area contributed by atoms with Crippen molar-refractivity contribution in [2.24, 2.45) is 14.0 Å². The SMILES string of the molecule is COc1cccc(-c2ccccc2)c1OCCC[Si](N=C=S)(N=C=S)N=C=S. The monoisotopic (exact) mass is 443 g/mol. The van der Waals surface area contributed by atoms with Gasteiger partial charge in [0, 0.05) is 11.6 Å². The Morgan fingerprint density at radius 1 is 0.893 bits per heavy atom. The fourth-order valence-electron chi connectivity index (χ4n) is 2.62. The van der Waals surface area contributed by atoms with E-state index in [1.807, 2.05) is 48.5 Å². The first-order valence-corrected chi connectivity index (χ1v) is 11.6. The predicted octanol–water partition coefficient (Wildman–Crippen LogP) is 5.38. The van der Waals surface area contributed by atoms with Crippen molar-refractivity contribution in [2.45, 2.75) is 12.5 Å². The highest BCUT2D eigenvalue weighted by Gasteiger charge is 2.34. The van der Waals surface area contributed by atoms with Gasteiger partial charge in [-0.1, -0.05) is 42.5 Å². The van der Waals surface area contributed by atoms with Gasteiger partial charge < -0.3 is 9.47 Å². The van der Waals surface area contributed by atoms with Crippen LogP contribution in [0.15, 0.2) is 62.5 Å². The number of nitrogens with zero attached hydrogens (tertiary/aromatic N) is 3. The maximum absolute atomic E-state index is 6.08. The van der Waals surface area contributed by atoms with E-state index in [-0.39, 0.29) is 0 Å². The Hall–Kier alpha value is -2.34. The van der Waals surface area contributed by atoms with Crippen LogP contribution < -0.4 is 9.47 Å². The number of isothiocyanates is 3. The Morgan fingerprint density at radius 3 is 2.11 bits per heavy atom. The standard InChI is InChI=1S/C19H17N3O2S3Si/c1-23-18-10-5-9-17(16-7-3-2-4-8-16)19(18)24-11-6-12-28(20-13-25,21-14-26)22-15-27/h2-5,7-10H,6,11-12H2,1H3. The summed E-state index contributed by atoms with van der Waals surface area (Å²) in [5.41, 5.74) is 2.00. The zero-order valence-electron chi connectivity index (χ0n) is 15.1. The molecule has 0 amide bonds. The van der Waals surface area contributed by atoms with Gasteiger partial charge in [0.15, 0.2) is 11.5 Å². The molecule has 9 heteroatoms. The van der Waals surface area contributed by atoms with Crippen LogP contribution in [0, 0.1) is 0 Å². The van der Waals surface area contributed by atoms with Crippen molar-refractivity contribution < 1.29 is 9.47 Å². The minimum absolute atomic E-state index is 0.405. The van der Waals surface area contributed by atoms with Gasteiger partial charge in [-0.2, -0.15) is 0 Å². The van der Waals surface area contributed by atoms with Crippen molar-refractivity contribution in [3.05, 3.63) is 48.5 Å². The molecule has 2 rings (SSSR count). The summed E-state index contributed by atoms with van der Waals surface area (Å²) < 4.78 is 23.9. The number of methoxy groups -OCH3 is 1. The maximum Gasteiger partial charge on any atom is 0.461 e. The highest BCUT2D eigenvalue weighted by molar-refractivity contribution is 7.78. The van der Waals surface area contributed by atoms with Crippen LogP contribution in [-0.2, 0) is 0 Å². The lowest BCUT2D eigenvalue weighted by Gasteiger charge is -2.16. The summed E-state index contributed by atoms with van der Waals surface area (Å²) in [4.78, 5) is 0. The van der Waals surface area contributed by atoms with E-state index in [1.54, 1.807) is 7.11 Å². The van der Waals surface area contributed by atoms with Crippen LogP contribution >= 0.6 is 36.7 Å². The maximum atomic E-state index is 6.08. The second kappa shape index (κ2) is 11.5. The fraction of sp³-hybridized carbons (Fsp3) is 0.211. The van der Waals surface area contributed by atoms with E-state index in [9.17, 15) is 0 Å². The summed E-state index contributed by atoms with van der Waals surface area (Å²) in [5.74, 6) is 1.34. The minimum Gasteiger partial charge on any atom is -0.493 e. The Morgan fingerprint density at radius 2 is 1.54 bits per heavy atom. The van der Waals surface area contributed by atoms with Gasteiger partial charge in [0.2, 0.25) is 0 Å². The normalized spacial score (nSPS) is 11.8. The predicted molar refractivity (Wildman–Crippen MR) is 124 cm³/mol. The van der Waals surface area contributed by atoms with Crippen molar-refractivity contribution in [2.75, 3.05) is 13.7 Å². The van der Waals surface area contributed by atoms with Gasteiger partial charge in [-0.05, 0) is 54.7 Å². The van der Waals surface area contributed by atoms with Crippen molar-refractivity contribution in [1.82, 2.24) is 0 Å². The molecule has 0 heterocycles. The molecule has 0 aliphatic rings. The Labute approximate surface area is 181 Å². The molecule has 0 fully saturated rings. The molecule has 0 aromatic heterocycles. The number of benzene rings is 2. The summed E-state index contributed by atoms with van der Waals surface area (Å²) in [7, 11) is -1.30. The minimum atomic E-state index is -2.92. The van der Waals surface area contributed by atoms with Crippen LogP contribution in [-0.4, -0.2) is 37.8 Å². The molecule has 2 aromatic rings. The second-order valence-electron chi connectivity index (χ2n) is 5.54. The van der Waals surface area contributed by atoms with Crippen molar-refractivity contribution in [3.8, 4) is 22.6 Å². The largest absolute Gasteiger partial charge is 0.493 e. The number of hydrogen-bond acceptors (Lipinski definition) is 8. The quantitative estimate of drug-likeness (QED) is 0.214. The highest BCUT2D eigenvalue weighted by atomic mass is 32.1. The van der Waals surface area contributed by atoms with Crippen LogP contribution in [0.5, 0.6) is 11.5 Å². The molecule has 0 radical (unpaired) electrons. The first-order valence-electron chi connectivity index (χ1n) is 8.32. The van der Waals surface area contributed by atoms with E-state index in [1.165, 1.54) is 0 Å². The number of rotatable bonds is 10. The van der Waals surface area contributed by atoms with E-state index < -0.39 is 8.56 Å². The summed E-state index contributed by atoms with van der Waals surface area (Å²) in [6, 6.07) is 16.3. The second-order valence-corrected chi connectivity index (χ2v) is 8.81. The third kappa shape index (κ3) is 5.83. The van der Waals surface area contributed by atoms with E-state index in [4.69, 9.17) is 46.1 Å². The summed E-state index contributed by atoms with van der Waals surface area (Å²) in [5, 5.41) is 7.00. The molecule has 2 aromatic carbocycles. The third-order valence-corrected chi connectivity index (χ3v) is 7.05. The molecular weight excluding hydrogens is 427 g/mol. The lowest BCUT2D eigenvalue weighted by Crippen LogP contribution is -2.28. The molecule has 0 aliphatic carbocycles. The van der Waals surface area contributed by atoms with Crippen LogP contribution in [0.2, 0.25) is 6.04 Å². The van der Waals surface area contributed by atoms with Crippen LogP contribution in [0.4, 0.5) is 0 Å². The molecule has 0 aliphatic heterocycles. The van der Waals surface area contributed by atoms with E-state index >= 15 is 0 Å². The number of thiocarbonyl (C=S) groups is 3. The average Bonchev–Trinajstić information content (AvgIpc) is 2.72. The van der Waals surface area contributed by atoms with Gasteiger partial charge in [-0.25, -0.2) is 14.0 Å². The first-order chi connectivity index (χ1) is 13.7. The lowest BCUT2D eigenvalue weighted by molar-refractivity contribution is 0.295. The number of ether oxygens (including phenoxy) is 2. The smallest absolute Gasteiger partial charge is 0.461 e. The van der Waals surface area contributed by atoms with Crippen molar-refractivity contribution in [3.63, 3.8) is 0 Å². The lowest BCUT2D eigenvalue weighted by atomic mass is 10.0. The van der Waals surface area contributed by atoms with E-state index in [0.29, 0.717) is 30.6 Å². The Bertz CT molecular complexity index is 907. The molecular formula is C19H17N3O2S3Si. The number of hydrogen-bond donors (Lipinski definition) is 0. The fourth-order valence-corrected chi connectivity index (χ4v) is 5.47. The van der Waals surface area contributed by atoms with Crippen LogP contribution in [0.25, 0.3) is 11.1 Å². The molecule has 0 atom stereocenters. The zero-order chi connectivity index (χ0) is 20.2. The molecule has 0 bridgehead atoms. The van der Waals surface area contributed by atoms with Crippen LogP contribution in [0.3, 0.4) is 0 Å². The van der Waals surface area contributed by atoms with Gasteiger partial charge in [0.05, 0.1) is 29.2 Å². The Kier molecular flexibility index (Phi) is 9.01. The third-order valence-electron chi connectivity index (χ3n) is 3.86. The van der Waals surface area contributed by atoms with Crippen molar-refractivity contribution >= 4 is 60.7 Å².